The number of hydrogen-bond donors (Lipinski definition) is 2. The second-order valence-electron chi connectivity index (χ2n) is 5.06. The largest absolute Gasteiger partial charge is 0.384 e. The summed E-state index contributed by atoms with van der Waals surface area (Å²) in [6.07, 6.45) is 0.665. The number of benzene rings is 1. The maximum atomic E-state index is 13.5. The monoisotopic (exact) mass is 284 g/mol. The summed E-state index contributed by atoms with van der Waals surface area (Å²) in [6, 6.07) is 3.19. The second-order valence-corrected chi connectivity index (χ2v) is 5.06. The summed E-state index contributed by atoms with van der Waals surface area (Å²) < 4.78 is 31.7. The van der Waals surface area contributed by atoms with Gasteiger partial charge in [0.1, 0.15) is 11.6 Å². The quantitative estimate of drug-likeness (QED) is 0.854. The van der Waals surface area contributed by atoms with Crippen molar-refractivity contribution < 1.29 is 18.3 Å². The van der Waals surface area contributed by atoms with Gasteiger partial charge in [0.25, 0.3) is 0 Å². The molecule has 0 saturated carbocycles. The zero-order valence-electron chi connectivity index (χ0n) is 11.3. The molecule has 2 rings (SSSR count). The van der Waals surface area contributed by atoms with Gasteiger partial charge in [-0.1, -0.05) is 0 Å². The van der Waals surface area contributed by atoms with Crippen LogP contribution in [0.25, 0.3) is 0 Å². The zero-order valence-corrected chi connectivity index (χ0v) is 11.3. The lowest BCUT2D eigenvalue weighted by atomic mass is 9.87. The highest BCUT2D eigenvalue weighted by Gasteiger charge is 2.41. The SMILES string of the molecule is COCC1(C(=O)NCc2cc(F)ccc2F)CCNC1. The number of hydrogen-bond acceptors (Lipinski definition) is 3. The average Bonchev–Trinajstić information content (AvgIpc) is 2.90. The fourth-order valence-corrected chi connectivity index (χ4v) is 2.44. The van der Waals surface area contributed by atoms with E-state index in [0.717, 1.165) is 24.7 Å². The van der Waals surface area contributed by atoms with Crippen LogP contribution >= 0.6 is 0 Å². The van der Waals surface area contributed by atoms with Crippen LogP contribution in [0.1, 0.15) is 12.0 Å². The van der Waals surface area contributed by atoms with Crippen LogP contribution in [0.15, 0.2) is 18.2 Å². The second kappa shape index (κ2) is 6.28. The Labute approximate surface area is 116 Å². The van der Waals surface area contributed by atoms with Gasteiger partial charge in [-0.05, 0) is 31.2 Å². The molecule has 1 aromatic rings. The van der Waals surface area contributed by atoms with Gasteiger partial charge in [-0.2, -0.15) is 0 Å². The van der Waals surface area contributed by atoms with Crippen LogP contribution in [0.4, 0.5) is 8.78 Å². The minimum atomic E-state index is -0.626. The van der Waals surface area contributed by atoms with Gasteiger partial charge in [0, 0.05) is 25.8 Å². The molecule has 0 bridgehead atoms. The number of amides is 1. The van der Waals surface area contributed by atoms with E-state index in [1.165, 1.54) is 0 Å². The predicted molar refractivity (Wildman–Crippen MR) is 70.0 cm³/mol. The smallest absolute Gasteiger partial charge is 0.230 e. The van der Waals surface area contributed by atoms with E-state index in [1.807, 2.05) is 0 Å². The lowest BCUT2D eigenvalue weighted by Crippen LogP contribution is -2.45. The molecule has 1 atom stereocenters. The van der Waals surface area contributed by atoms with E-state index in [9.17, 15) is 13.6 Å². The molecule has 1 fully saturated rings. The minimum Gasteiger partial charge on any atom is -0.384 e. The molecule has 1 aromatic carbocycles. The van der Waals surface area contributed by atoms with Crippen molar-refractivity contribution in [2.45, 2.75) is 13.0 Å². The van der Waals surface area contributed by atoms with Crippen molar-refractivity contribution in [2.24, 2.45) is 5.41 Å². The van der Waals surface area contributed by atoms with Gasteiger partial charge in [-0.15, -0.1) is 0 Å². The number of ether oxygens (including phenoxy) is 1. The van der Waals surface area contributed by atoms with Gasteiger partial charge >= 0.3 is 0 Å². The molecule has 6 heteroatoms. The molecule has 2 N–H and O–H groups in total. The fourth-order valence-electron chi connectivity index (χ4n) is 2.44. The lowest BCUT2D eigenvalue weighted by Gasteiger charge is -2.26. The van der Waals surface area contributed by atoms with Crippen molar-refractivity contribution in [3.05, 3.63) is 35.4 Å². The first-order valence-corrected chi connectivity index (χ1v) is 6.49. The third-order valence-electron chi connectivity index (χ3n) is 3.59. The normalized spacial score (nSPS) is 21.9. The first-order valence-electron chi connectivity index (χ1n) is 6.49. The predicted octanol–water partition coefficient (Wildman–Crippen LogP) is 1.21. The molecule has 1 aliphatic heterocycles. The van der Waals surface area contributed by atoms with Crippen molar-refractivity contribution in [3.63, 3.8) is 0 Å². The fraction of sp³-hybridized carbons (Fsp3) is 0.500. The molecule has 1 saturated heterocycles. The Hall–Kier alpha value is -1.53. The number of halogens is 2. The average molecular weight is 284 g/mol. The summed E-state index contributed by atoms with van der Waals surface area (Å²) in [6.45, 7) is 1.54. The van der Waals surface area contributed by atoms with Crippen LogP contribution in [0.2, 0.25) is 0 Å². The van der Waals surface area contributed by atoms with E-state index in [0.29, 0.717) is 19.6 Å². The molecule has 4 nitrogen and oxygen atoms in total. The summed E-state index contributed by atoms with van der Waals surface area (Å²) in [5, 5.41) is 5.79. The molecule has 0 aromatic heterocycles. The van der Waals surface area contributed by atoms with E-state index >= 15 is 0 Å². The molecule has 1 unspecified atom stereocenters. The van der Waals surface area contributed by atoms with Crippen molar-refractivity contribution in [1.29, 1.82) is 0 Å². The number of rotatable bonds is 5. The van der Waals surface area contributed by atoms with Gasteiger partial charge in [0.2, 0.25) is 5.91 Å². The van der Waals surface area contributed by atoms with E-state index in [-0.39, 0.29) is 18.0 Å². The third-order valence-corrected chi connectivity index (χ3v) is 3.59. The van der Waals surface area contributed by atoms with Crippen LogP contribution in [0.3, 0.4) is 0 Å². The topological polar surface area (TPSA) is 50.4 Å². The van der Waals surface area contributed by atoms with Crippen LogP contribution in [-0.2, 0) is 16.1 Å². The molecule has 20 heavy (non-hydrogen) atoms. The summed E-state index contributed by atoms with van der Waals surface area (Å²) in [4.78, 5) is 12.3. The van der Waals surface area contributed by atoms with Gasteiger partial charge in [0.15, 0.2) is 0 Å². The van der Waals surface area contributed by atoms with Crippen molar-refractivity contribution in [2.75, 3.05) is 26.8 Å². The molecular formula is C14H18F2N2O2. The Morgan fingerprint density at radius 1 is 1.50 bits per heavy atom. The Kier molecular flexibility index (Phi) is 4.67. The Morgan fingerprint density at radius 3 is 2.95 bits per heavy atom. The minimum absolute atomic E-state index is 0.0338. The van der Waals surface area contributed by atoms with E-state index in [1.54, 1.807) is 7.11 Å². The van der Waals surface area contributed by atoms with Gasteiger partial charge in [0.05, 0.1) is 12.0 Å². The first-order chi connectivity index (χ1) is 9.57. The van der Waals surface area contributed by atoms with Crippen LogP contribution < -0.4 is 10.6 Å². The van der Waals surface area contributed by atoms with Crippen LogP contribution in [0, 0.1) is 17.0 Å². The summed E-state index contributed by atoms with van der Waals surface area (Å²) in [7, 11) is 1.54. The van der Waals surface area contributed by atoms with Crippen molar-refractivity contribution in [1.82, 2.24) is 10.6 Å². The maximum absolute atomic E-state index is 13.5. The maximum Gasteiger partial charge on any atom is 0.230 e. The van der Waals surface area contributed by atoms with Crippen molar-refractivity contribution in [3.8, 4) is 0 Å². The molecular weight excluding hydrogens is 266 g/mol. The number of carbonyl (C=O) groups excluding carboxylic acids is 1. The Morgan fingerprint density at radius 2 is 2.30 bits per heavy atom. The van der Waals surface area contributed by atoms with E-state index in [4.69, 9.17) is 4.74 Å². The summed E-state index contributed by atoms with van der Waals surface area (Å²) >= 11 is 0. The Bertz CT molecular complexity index is 488. The standard InChI is InChI=1S/C14H18F2N2O2/c1-20-9-14(4-5-17-8-14)13(19)18-7-10-6-11(15)2-3-12(10)16/h2-3,6,17H,4-5,7-9H2,1H3,(H,18,19). The molecule has 0 spiro atoms. The van der Waals surface area contributed by atoms with Gasteiger partial charge in [-0.25, -0.2) is 8.78 Å². The zero-order chi connectivity index (χ0) is 14.6. The number of methoxy groups -OCH3 is 1. The molecule has 1 heterocycles. The highest BCUT2D eigenvalue weighted by Crippen LogP contribution is 2.26. The highest BCUT2D eigenvalue weighted by atomic mass is 19.1. The van der Waals surface area contributed by atoms with Crippen LogP contribution in [0.5, 0.6) is 0 Å². The molecule has 1 amide bonds. The Balaban J connectivity index is 2.02. The van der Waals surface area contributed by atoms with Gasteiger partial charge < -0.3 is 15.4 Å². The van der Waals surface area contributed by atoms with Crippen molar-refractivity contribution >= 4 is 5.91 Å². The van der Waals surface area contributed by atoms with Crippen LogP contribution in [-0.4, -0.2) is 32.7 Å². The molecule has 1 aliphatic rings. The first kappa shape index (κ1) is 14.9. The summed E-state index contributed by atoms with van der Waals surface area (Å²) in [5.74, 6) is -1.25. The molecule has 0 aliphatic carbocycles. The van der Waals surface area contributed by atoms with E-state index in [2.05, 4.69) is 10.6 Å². The number of carbonyl (C=O) groups is 1. The molecule has 110 valence electrons. The highest BCUT2D eigenvalue weighted by molar-refractivity contribution is 5.83. The lowest BCUT2D eigenvalue weighted by molar-refractivity contribution is -0.133. The summed E-state index contributed by atoms with van der Waals surface area (Å²) in [5.41, 5.74) is -0.490. The number of nitrogens with one attached hydrogen (secondary N) is 2. The van der Waals surface area contributed by atoms with E-state index < -0.39 is 17.0 Å². The third kappa shape index (κ3) is 3.13. The molecule has 0 radical (unpaired) electrons. The van der Waals surface area contributed by atoms with Gasteiger partial charge in [-0.3, -0.25) is 4.79 Å².